The van der Waals surface area contributed by atoms with Gasteiger partial charge in [0.2, 0.25) is 0 Å². The van der Waals surface area contributed by atoms with E-state index in [1.54, 1.807) is 11.1 Å². The summed E-state index contributed by atoms with van der Waals surface area (Å²) in [6, 6.07) is 0. The predicted molar refractivity (Wildman–Crippen MR) is 95.2 cm³/mol. The van der Waals surface area contributed by atoms with Gasteiger partial charge in [-0.05, 0) is 85.0 Å². The molecule has 0 saturated heterocycles. The number of hydrogen-bond acceptors (Lipinski definition) is 2. The van der Waals surface area contributed by atoms with E-state index in [-0.39, 0.29) is 0 Å². The van der Waals surface area contributed by atoms with E-state index >= 15 is 0 Å². The Morgan fingerprint density at radius 1 is 1.38 bits per heavy atom. The van der Waals surface area contributed by atoms with E-state index in [1.165, 1.54) is 37.9 Å². The molecule has 0 unspecified atom stereocenters. The third kappa shape index (κ3) is 1.67. The number of aliphatic hydroxyl groups is 1. The zero-order chi connectivity index (χ0) is 16.7. The monoisotopic (exact) mass is 328 g/mol. The number of methoxy groups -OCH3 is 1. The largest absolute Gasteiger partial charge is 0.501 e. The standard InChI is InChI=1S/C22H32O2/c1-13-8-14-9-17(24-3)4-5-18(14)19-6-7-21(2)16(12-23)10-15-11-22(15,21)20(13)19/h4,13,15-16,19-20,23H,5-12H2,1-3H3/t13-,15-,16+,19-,20-,21-,22-/m1/s1. The van der Waals surface area contributed by atoms with E-state index in [4.69, 9.17) is 4.74 Å². The SMILES string of the molecule is COC1=CCC2=C(C1)C[C@@H](C)[C@@H]1[C@@H]2CC[C@]2(C)[C@H](CO)C[C@@H]3C[C@@]312. The molecule has 132 valence electrons. The van der Waals surface area contributed by atoms with E-state index in [2.05, 4.69) is 19.9 Å². The first-order valence-corrected chi connectivity index (χ1v) is 10.1. The summed E-state index contributed by atoms with van der Waals surface area (Å²) in [6.45, 7) is 5.47. The molecule has 0 amide bonds. The molecule has 0 aromatic carbocycles. The maximum atomic E-state index is 9.98. The molecular weight excluding hydrogens is 296 g/mol. The van der Waals surface area contributed by atoms with Crippen molar-refractivity contribution in [2.24, 2.45) is 40.4 Å². The third-order valence-corrected chi connectivity index (χ3v) is 9.19. The number of hydrogen-bond donors (Lipinski definition) is 1. The van der Waals surface area contributed by atoms with Gasteiger partial charge in [0.15, 0.2) is 0 Å². The van der Waals surface area contributed by atoms with Gasteiger partial charge in [0.05, 0.1) is 12.9 Å². The van der Waals surface area contributed by atoms with Crippen molar-refractivity contribution in [2.75, 3.05) is 13.7 Å². The third-order valence-electron chi connectivity index (χ3n) is 9.19. The molecule has 1 spiro atoms. The van der Waals surface area contributed by atoms with Crippen molar-refractivity contribution in [3.8, 4) is 0 Å². The van der Waals surface area contributed by atoms with E-state index in [1.807, 2.05) is 7.11 Å². The van der Waals surface area contributed by atoms with Gasteiger partial charge in [-0.25, -0.2) is 0 Å². The van der Waals surface area contributed by atoms with Crippen molar-refractivity contribution in [3.05, 3.63) is 23.0 Å². The summed E-state index contributed by atoms with van der Waals surface area (Å²) in [6.07, 6.45) is 11.2. The van der Waals surface area contributed by atoms with Crippen LogP contribution < -0.4 is 0 Å². The van der Waals surface area contributed by atoms with Crippen LogP contribution in [0.1, 0.15) is 58.8 Å². The van der Waals surface area contributed by atoms with Gasteiger partial charge in [-0.3, -0.25) is 0 Å². The summed E-state index contributed by atoms with van der Waals surface area (Å²) < 4.78 is 5.55. The highest BCUT2D eigenvalue weighted by Crippen LogP contribution is 2.83. The number of allylic oxidation sites excluding steroid dienone is 3. The first-order chi connectivity index (χ1) is 11.5. The Morgan fingerprint density at radius 3 is 2.96 bits per heavy atom. The van der Waals surface area contributed by atoms with Crippen LogP contribution in [0.4, 0.5) is 0 Å². The highest BCUT2D eigenvalue weighted by Gasteiger charge is 2.77. The fourth-order valence-corrected chi connectivity index (χ4v) is 8.17. The molecule has 0 aliphatic heterocycles. The zero-order valence-electron chi connectivity index (χ0n) is 15.5. The molecule has 5 aliphatic rings. The van der Waals surface area contributed by atoms with Crippen molar-refractivity contribution < 1.29 is 9.84 Å². The van der Waals surface area contributed by atoms with E-state index in [0.29, 0.717) is 23.4 Å². The number of rotatable bonds is 2. The fraction of sp³-hybridized carbons (Fsp3) is 0.818. The molecule has 3 fully saturated rings. The van der Waals surface area contributed by atoms with Crippen molar-refractivity contribution in [1.82, 2.24) is 0 Å². The Balaban J connectivity index is 1.52. The molecule has 24 heavy (non-hydrogen) atoms. The molecule has 7 atom stereocenters. The number of fused-ring (bicyclic) bond motifs is 2. The van der Waals surface area contributed by atoms with Gasteiger partial charge < -0.3 is 9.84 Å². The first kappa shape index (κ1) is 15.5. The van der Waals surface area contributed by atoms with Crippen LogP contribution in [0.3, 0.4) is 0 Å². The van der Waals surface area contributed by atoms with Gasteiger partial charge in [0.25, 0.3) is 0 Å². The van der Waals surface area contributed by atoms with Crippen LogP contribution in [-0.4, -0.2) is 18.8 Å². The molecule has 2 nitrogen and oxygen atoms in total. The Labute approximate surface area is 146 Å². The van der Waals surface area contributed by atoms with Gasteiger partial charge >= 0.3 is 0 Å². The van der Waals surface area contributed by atoms with Crippen LogP contribution in [-0.2, 0) is 4.74 Å². The van der Waals surface area contributed by atoms with Gasteiger partial charge in [0, 0.05) is 13.0 Å². The lowest BCUT2D eigenvalue weighted by molar-refractivity contribution is -0.0562. The van der Waals surface area contributed by atoms with Gasteiger partial charge in [-0.1, -0.05) is 25.0 Å². The second-order valence-corrected chi connectivity index (χ2v) is 9.71. The van der Waals surface area contributed by atoms with Crippen molar-refractivity contribution in [2.45, 2.75) is 58.8 Å². The second-order valence-electron chi connectivity index (χ2n) is 9.71. The number of aliphatic hydroxyl groups excluding tert-OH is 1. The minimum absolute atomic E-state index is 0.405. The maximum absolute atomic E-state index is 9.98. The van der Waals surface area contributed by atoms with Crippen LogP contribution in [0.15, 0.2) is 23.0 Å². The van der Waals surface area contributed by atoms with E-state index < -0.39 is 0 Å². The lowest BCUT2D eigenvalue weighted by atomic mass is 9.48. The molecule has 3 saturated carbocycles. The highest BCUT2D eigenvalue weighted by molar-refractivity contribution is 5.36. The summed E-state index contributed by atoms with van der Waals surface area (Å²) in [7, 11) is 1.82. The Kier molecular flexibility index (Phi) is 3.16. The van der Waals surface area contributed by atoms with Gasteiger partial charge in [0.1, 0.15) is 0 Å². The average Bonchev–Trinajstić information content (AvgIpc) is 3.24. The van der Waals surface area contributed by atoms with Crippen molar-refractivity contribution in [3.63, 3.8) is 0 Å². The second kappa shape index (κ2) is 4.90. The summed E-state index contributed by atoms with van der Waals surface area (Å²) in [5.41, 5.74) is 4.46. The lowest BCUT2D eigenvalue weighted by Crippen LogP contribution is -2.50. The molecule has 0 bridgehead atoms. The molecular formula is C22H32O2. The summed E-state index contributed by atoms with van der Waals surface area (Å²) in [5, 5.41) is 9.98. The minimum Gasteiger partial charge on any atom is -0.501 e. The Bertz CT molecular complexity index is 632. The predicted octanol–water partition coefficient (Wildman–Crippen LogP) is 4.70. The summed E-state index contributed by atoms with van der Waals surface area (Å²) >= 11 is 0. The van der Waals surface area contributed by atoms with Gasteiger partial charge in [-0.15, -0.1) is 0 Å². The first-order valence-electron chi connectivity index (χ1n) is 10.1. The lowest BCUT2D eigenvalue weighted by Gasteiger charge is -2.56. The highest BCUT2D eigenvalue weighted by atomic mass is 16.5. The fourth-order valence-electron chi connectivity index (χ4n) is 8.17. The zero-order valence-corrected chi connectivity index (χ0v) is 15.5. The van der Waals surface area contributed by atoms with E-state index in [0.717, 1.165) is 36.5 Å². The maximum Gasteiger partial charge on any atom is 0.0959 e. The molecule has 0 aromatic rings. The van der Waals surface area contributed by atoms with Crippen LogP contribution in [0.5, 0.6) is 0 Å². The smallest absolute Gasteiger partial charge is 0.0959 e. The van der Waals surface area contributed by atoms with Crippen LogP contribution in [0, 0.1) is 40.4 Å². The normalized spacial score (nSPS) is 52.0. The summed E-state index contributed by atoms with van der Waals surface area (Å²) in [4.78, 5) is 0. The van der Waals surface area contributed by atoms with E-state index in [9.17, 15) is 5.11 Å². The summed E-state index contributed by atoms with van der Waals surface area (Å²) in [5.74, 6) is 5.13. The average molecular weight is 328 g/mol. The van der Waals surface area contributed by atoms with Crippen molar-refractivity contribution in [1.29, 1.82) is 0 Å². The molecule has 1 N–H and O–H groups in total. The Hall–Kier alpha value is -0.760. The molecule has 0 radical (unpaired) electrons. The quantitative estimate of drug-likeness (QED) is 0.745. The Morgan fingerprint density at radius 2 is 2.21 bits per heavy atom. The molecule has 5 rings (SSSR count). The minimum atomic E-state index is 0.405. The van der Waals surface area contributed by atoms with Gasteiger partial charge in [-0.2, -0.15) is 0 Å². The molecule has 5 aliphatic carbocycles. The molecule has 2 heteroatoms. The molecule has 0 aromatic heterocycles. The van der Waals surface area contributed by atoms with Crippen molar-refractivity contribution >= 4 is 0 Å². The van der Waals surface area contributed by atoms with Crippen LogP contribution in [0.25, 0.3) is 0 Å². The van der Waals surface area contributed by atoms with Crippen LogP contribution in [0.2, 0.25) is 0 Å². The molecule has 0 heterocycles. The van der Waals surface area contributed by atoms with Crippen LogP contribution >= 0.6 is 0 Å². The topological polar surface area (TPSA) is 29.5 Å². The number of ether oxygens (including phenoxy) is 1.